The molecular formula is C15H12NNaO3. The number of nitrogens with zero attached hydrogens (tertiary/aromatic N) is 1. The second-order valence-corrected chi connectivity index (χ2v) is 3.95. The van der Waals surface area contributed by atoms with Crippen LogP contribution >= 0.6 is 0 Å². The van der Waals surface area contributed by atoms with E-state index >= 15 is 0 Å². The Labute approximate surface area is 139 Å². The molecule has 20 heavy (non-hydrogen) atoms. The average molecular weight is 277 g/mol. The molecule has 1 atom stereocenters. The van der Waals surface area contributed by atoms with E-state index in [1.54, 1.807) is 60.7 Å². The van der Waals surface area contributed by atoms with E-state index in [4.69, 9.17) is 0 Å². The van der Waals surface area contributed by atoms with Gasteiger partial charge in [-0.1, -0.05) is 60.7 Å². The Morgan fingerprint density at radius 2 is 1.50 bits per heavy atom. The second-order valence-electron chi connectivity index (χ2n) is 3.95. The van der Waals surface area contributed by atoms with E-state index in [-0.39, 0.29) is 29.6 Å². The van der Waals surface area contributed by atoms with Crippen molar-refractivity contribution < 1.29 is 44.6 Å². The first-order valence-corrected chi connectivity index (χ1v) is 5.76. The molecule has 2 aromatic carbocycles. The molecule has 0 saturated heterocycles. The summed E-state index contributed by atoms with van der Waals surface area (Å²) in [7, 11) is 0. The molecule has 0 amide bonds. The summed E-state index contributed by atoms with van der Waals surface area (Å²) in [5.74, 6) is -1.67. The molecule has 1 N–H and O–H groups in total. The van der Waals surface area contributed by atoms with Crippen LogP contribution in [0, 0.1) is 0 Å². The number of carbonyl (C=O) groups is 1. The number of hydrogen-bond acceptors (Lipinski definition) is 3. The van der Waals surface area contributed by atoms with Crippen molar-refractivity contribution in [2.75, 3.05) is 0 Å². The smallest absolute Gasteiger partial charge is 0.858 e. The molecule has 0 spiro atoms. The van der Waals surface area contributed by atoms with Crippen LogP contribution in [0.2, 0.25) is 0 Å². The Morgan fingerprint density at radius 1 is 1.00 bits per heavy atom. The number of aliphatic imine (C=N–C) groups is 1. The molecule has 96 valence electrons. The molecule has 0 heterocycles. The number of carboxylic acid groups (broad SMARTS) is 1. The van der Waals surface area contributed by atoms with Crippen molar-refractivity contribution in [3.63, 3.8) is 0 Å². The molecule has 4 nitrogen and oxygen atoms in total. The number of aliphatic carboxylic acids is 1. The van der Waals surface area contributed by atoms with Gasteiger partial charge in [0.1, 0.15) is 0 Å². The summed E-state index contributed by atoms with van der Waals surface area (Å²) >= 11 is 0. The fourth-order valence-electron chi connectivity index (χ4n) is 1.68. The van der Waals surface area contributed by atoms with Crippen molar-refractivity contribution in [3.8, 4) is 0 Å². The van der Waals surface area contributed by atoms with Crippen LogP contribution < -0.4 is 34.7 Å². The van der Waals surface area contributed by atoms with Crippen molar-refractivity contribution in [2.24, 2.45) is 4.99 Å². The van der Waals surface area contributed by atoms with Crippen molar-refractivity contribution in [1.82, 2.24) is 0 Å². The third-order valence-electron chi connectivity index (χ3n) is 2.62. The first-order chi connectivity index (χ1) is 9.18. The Morgan fingerprint density at radius 3 is 2.00 bits per heavy atom. The molecule has 0 fully saturated rings. The maximum Gasteiger partial charge on any atom is 1.00 e. The number of rotatable bonds is 4. The quantitative estimate of drug-likeness (QED) is 0.425. The van der Waals surface area contributed by atoms with Crippen LogP contribution in [0.5, 0.6) is 0 Å². The van der Waals surface area contributed by atoms with Crippen LogP contribution in [0.15, 0.2) is 65.7 Å². The van der Waals surface area contributed by atoms with Gasteiger partial charge in [-0.05, 0) is 17.0 Å². The van der Waals surface area contributed by atoms with Crippen molar-refractivity contribution in [2.45, 2.75) is 6.04 Å². The van der Waals surface area contributed by atoms with Crippen LogP contribution in [0.4, 0.5) is 0 Å². The summed E-state index contributed by atoms with van der Waals surface area (Å²) in [5.41, 5.74) is 0.865. The third kappa shape index (κ3) is 4.20. The molecule has 5 heteroatoms. The maximum atomic E-state index is 11.9. The van der Waals surface area contributed by atoms with Gasteiger partial charge in [0.25, 0.3) is 0 Å². The summed E-state index contributed by atoms with van der Waals surface area (Å²) in [6.45, 7) is 0. The van der Waals surface area contributed by atoms with E-state index in [1.807, 2.05) is 0 Å². The van der Waals surface area contributed by atoms with Crippen LogP contribution in [0.25, 0.3) is 0 Å². The van der Waals surface area contributed by atoms with E-state index in [2.05, 4.69) is 4.99 Å². The number of hydrogen-bond donors (Lipinski definition) is 1. The van der Waals surface area contributed by atoms with E-state index in [0.717, 1.165) is 0 Å². The molecule has 0 aliphatic heterocycles. The summed E-state index contributed by atoms with van der Waals surface area (Å²) in [4.78, 5) is 15.0. The number of carboxylic acids is 1. The predicted octanol–water partition coefficient (Wildman–Crippen LogP) is -1.38. The SMILES string of the molecule is O=C(O)[C@H](N=C([O-])c1ccccc1)c1ccccc1.[Na+]. The summed E-state index contributed by atoms with van der Waals surface area (Å²) < 4.78 is 0. The topological polar surface area (TPSA) is 72.7 Å². The molecule has 2 rings (SSSR count). The molecule has 0 radical (unpaired) electrons. The van der Waals surface area contributed by atoms with E-state index in [1.165, 1.54) is 0 Å². The Balaban J connectivity index is 0.00000200. The van der Waals surface area contributed by atoms with Gasteiger partial charge in [-0.2, -0.15) is 0 Å². The molecule has 2 aromatic rings. The Kier molecular flexibility index (Phi) is 6.45. The van der Waals surface area contributed by atoms with Crippen LogP contribution in [0.3, 0.4) is 0 Å². The van der Waals surface area contributed by atoms with Crippen molar-refractivity contribution in [1.29, 1.82) is 0 Å². The minimum Gasteiger partial charge on any atom is -0.858 e. The average Bonchev–Trinajstić information content (AvgIpc) is 2.46. The van der Waals surface area contributed by atoms with Gasteiger partial charge in [-0.25, -0.2) is 4.79 Å². The van der Waals surface area contributed by atoms with E-state index < -0.39 is 17.9 Å². The molecular weight excluding hydrogens is 265 g/mol. The predicted molar refractivity (Wildman–Crippen MR) is 69.8 cm³/mol. The van der Waals surface area contributed by atoms with Gasteiger partial charge < -0.3 is 10.2 Å². The molecule has 0 saturated carbocycles. The maximum absolute atomic E-state index is 11.9. The summed E-state index contributed by atoms with van der Waals surface area (Å²) in [6, 6.07) is 15.7. The van der Waals surface area contributed by atoms with Gasteiger partial charge in [0.05, 0.1) is 0 Å². The molecule has 0 aromatic heterocycles. The fraction of sp³-hybridized carbons (Fsp3) is 0.0667. The van der Waals surface area contributed by atoms with Gasteiger partial charge in [0.15, 0.2) is 6.04 Å². The van der Waals surface area contributed by atoms with Gasteiger partial charge >= 0.3 is 35.5 Å². The summed E-state index contributed by atoms with van der Waals surface area (Å²) in [6.07, 6.45) is 0. The zero-order valence-electron chi connectivity index (χ0n) is 11.1. The molecule has 0 bridgehead atoms. The third-order valence-corrected chi connectivity index (χ3v) is 2.62. The van der Waals surface area contributed by atoms with Crippen LogP contribution in [0.1, 0.15) is 17.2 Å². The molecule has 0 aliphatic carbocycles. The van der Waals surface area contributed by atoms with E-state index in [0.29, 0.717) is 11.1 Å². The van der Waals surface area contributed by atoms with Crippen LogP contribution in [-0.2, 0) is 4.79 Å². The fourth-order valence-corrected chi connectivity index (χ4v) is 1.68. The van der Waals surface area contributed by atoms with Crippen molar-refractivity contribution in [3.05, 3.63) is 71.8 Å². The van der Waals surface area contributed by atoms with Crippen LogP contribution in [-0.4, -0.2) is 17.0 Å². The zero-order chi connectivity index (χ0) is 13.7. The minimum absolute atomic E-state index is 0. The standard InChI is InChI=1S/C15H13NO3.Na/c17-14(12-9-5-2-6-10-12)16-13(15(18)19)11-7-3-1-4-8-11;/h1-10,13H,(H,16,17)(H,18,19);/q;+1/p-1/t13-;/m1./s1. The summed E-state index contributed by atoms with van der Waals surface area (Å²) in [5, 5.41) is 21.1. The van der Waals surface area contributed by atoms with Gasteiger partial charge in [0, 0.05) is 0 Å². The van der Waals surface area contributed by atoms with E-state index in [9.17, 15) is 15.0 Å². The van der Waals surface area contributed by atoms with Gasteiger partial charge in [0.2, 0.25) is 0 Å². The monoisotopic (exact) mass is 277 g/mol. The normalized spacial score (nSPS) is 12.3. The number of benzene rings is 2. The minimum atomic E-state index is -1.17. The van der Waals surface area contributed by atoms with Crippen molar-refractivity contribution >= 4 is 11.9 Å². The molecule has 0 aliphatic rings. The Bertz CT molecular complexity index is 585. The largest absolute Gasteiger partial charge is 1.00 e. The first-order valence-electron chi connectivity index (χ1n) is 5.76. The van der Waals surface area contributed by atoms with Gasteiger partial charge in [-0.15, -0.1) is 0 Å². The Hall–Kier alpha value is -1.62. The van der Waals surface area contributed by atoms with Gasteiger partial charge in [-0.3, -0.25) is 4.99 Å². The molecule has 0 unspecified atom stereocenters. The zero-order valence-corrected chi connectivity index (χ0v) is 13.1. The first kappa shape index (κ1) is 16.4. The second kappa shape index (κ2) is 7.85.